The second-order valence-corrected chi connectivity index (χ2v) is 5.94. The van der Waals surface area contributed by atoms with Gasteiger partial charge in [0.05, 0.1) is 12.2 Å². The molecule has 0 aromatic carbocycles. The highest BCUT2D eigenvalue weighted by atomic mass is 16.4. The predicted molar refractivity (Wildman–Crippen MR) is 77.0 cm³/mol. The summed E-state index contributed by atoms with van der Waals surface area (Å²) in [5.74, 6) is 0. The number of hydrogen-bond donors (Lipinski definition) is 4. The number of rotatable bonds is 8. The van der Waals surface area contributed by atoms with E-state index in [-0.39, 0.29) is 12.1 Å². The van der Waals surface area contributed by atoms with E-state index in [1.807, 2.05) is 6.92 Å². The molecule has 1 rings (SSSR count). The highest BCUT2D eigenvalue weighted by molar-refractivity contribution is 4.96. The second-order valence-electron chi connectivity index (χ2n) is 5.94. The van der Waals surface area contributed by atoms with Gasteiger partial charge in [0.2, 0.25) is 0 Å². The molecule has 0 bridgehead atoms. The van der Waals surface area contributed by atoms with E-state index < -0.39 is 18.3 Å². The van der Waals surface area contributed by atoms with E-state index in [1.165, 1.54) is 38.5 Å². The van der Waals surface area contributed by atoms with Crippen LogP contribution in [0, 0.1) is 0 Å². The molecule has 1 saturated heterocycles. The van der Waals surface area contributed by atoms with Gasteiger partial charge in [-0.3, -0.25) is 0 Å². The van der Waals surface area contributed by atoms with Crippen LogP contribution in [0.25, 0.3) is 0 Å². The van der Waals surface area contributed by atoms with E-state index in [1.54, 1.807) is 0 Å². The minimum atomic E-state index is -1.02. The summed E-state index contributed by atoms with van der Waals surface area (Å²) in [5, 5.41) is 32.5. The maximum Gasteiger partial charge on any atom is 0.109 e. The Kier molecular flexibility index (Phi) is 7.91. The first-order valence-electron chi connectivity index (χ1n) is 7.88. The summed E-state index contributed by atoms with van der Waals surface area (Å²) in [5.41, 5.74) is 0. The second kappa shape index (κ2) is 8.90. The third-order valence-corrected chi connectivity index (χ3v) is 4.22. The van der Waals surface area contributed by atoms with Crippen molar-refractivity contribution in [1.29, 1.82) is 0 Å². The number of unbranched alkanes of at least 4 members (excludes halogenated alkanes) is 6. The molecule has 1 heterocycles. The van der Waals surface area contributed by atoms with Crippen molar-refractivity contribution in [3.05, 3.63) is 0 Å². The predicted octanol–water partition coefficient (Wildman–Crippen LogP) is 1.57. The van der Waals surface area contributed by atoms with Crippen molar-refractivity contribution in [1.82, 2.24) is 5.32 Å². The van der Waals surface area contributed by atoms with Crippen molar-refractivity contribution in [2.24, 2.45) is 0 Å². The lowest BCUT2D eigenvalue weighted by Crippen LogP contribution is -2.63. The molecule has 19 heavy (non-hydrogen) atoms. The molecule has 0 aromatic heterocycles. The summed E-state index contributed by atoms with van der Waals surface area (Å²) in [6, 6.07) is -0.253. The minimum Gasteiger partial charge on any atom is -0.389 e. The van der Waals surface area contributed by atoms with Gasteiger partial charge in [0.25, 0.3) is 0 Å². The van der Waals surface area contributed by atoms with E-state index in [0.717, 1.165) is 12.8 Å². The fourth-order valence-corrected chi connectivity index (χ4v) is 2.85. The Bertz CT molecular complexity index is 237. The molecule has 0 spiro atoms. The molecule has 0 aromatic rings. The summed E-state index contributed by atoms with van der Waals surface area (Å²) >= 11 is 0. The summed E-state index contributed by atoms with van der Waals surface area (Å²) in [7, 11) is 0. The van der Waals surface area contributed by atoms with Crippen LogP contribution in [0.1, 0.15) is 65.2 Å². The highest BCUT2D eigenvalue weighted by Crippen LogP contribution is 2.19. The Labute approximate surface area is 117 Å². The molecular weight excluding hydrogens is 242 g/mol. The average molecular weight is 273 g/mol. The third-order valence-electron chi connectivity index (χ3n) is 4.22. The summed E-state index contributed by atoms with van der Waals surface area (Å²) in [4.78, 5) is 0. The molecule has 1 aliphatic heterocycles. The van der Waals surface area contributed by atoms with E-state index in [0.29, 0.717) is 0 Å². The Morgan fingerprint density at radius 3 is 2.00 bits per heavy atom. The van der Waals surface area contributed by atoms with Crippen molar-refractivity contribution in [2.75, 3.05) is 0 Å². The van der Waals surface area contributed by atoms with Crippen molar-refractivity contribution >= 4 is 0 Å². The maximum atomic E-state index is 9.93. The van der Waals surface area contributed by atoms with Crippen molar-refractivity contribution in [2.45, 2.75) is 95.6 Å². The average Bonchev–Trinajstić information content (AvgIpc) is 2.41. The van der Waals surface area contributed by atoms with E-state index in [4.69, 9.17) is 0 Å². The molecule has 0 amide bonds. The molecule has 114 valence electrons. The standard InChI is InChI=1S/C15H31NO3/c1-3-4-5-6-7-8-9-10-12-14(18)15(19)13(17)11(2)16-12/h11-19H,3-10H2,1-2H3/t11-,12+,13+,14+,15+/m0/s1. The van der Waals surface area contributed by atoms with Gasteiger partial charge in [-0.1, -0.05) is 51.9 Å². The fourth-order valence-electron chi connectivity index (χ4n) is 2.85. The smallest absolute Gasteiger partial charge is 0.109 e. The number of hydrogen-bond acceptors (Lipinski definition) is 4. The zero-order chi connectivity index (χ0) is 14.3. The molecule has 0 saturated carbocycles. The number of piperidine rings is 1. The van der Waals surface area contributed by atoms with Gasteiger partial charge in [-0.25, -0.2) is 0 Å². The van der Waals surface area contributed by atoms with Crippen LogP contribution >= 0.6 is 0 Å². The van der Waals surface area contributed by atoms with Crippen LogP contribution < -0.4 is 5.32 Å². The molecule has 0 unspecified atom stereocenters. The molecule has 1 aliphatic rings. The van der Waals surface area contributed by atoms with Crippen LogP contribution in [-0.2, 0) is 0 Å². The number of aliphatic hydroxyl groups excluding tert-OH is 3. The Hall–Kier alpha value is -0.160. The van der Waals surface area contributed by atoms with Gasteiger partial charge in [-0.05, 0) is 13.3 Å². The Morgan fingerprint density at radius 1 is 0.789 bits per heavy atom. The van der Waals surface area contributed by atoms with Crippen LogP contribution in [0.2, 0.25) is 0 Å². The van der Waals surface area contributed by atoms with Crippen molar-refractivity contribution in [3.63, 3.8) is 0 Å². The Morgan fingerprint density at radius 2 is 1.37 bits per heavy atom. The Balaban J connectivity index is 2.15. The van der Waals surface area contributed by atoms with E-state index >= 15 is 0 Å². The number of nitrogens with one attached hydrogen (secondary N) is 1. The maximum absolute atomic E-state index is 9.93. The molecule has 0 radical (unpaired) electrons. The van der Waals surface area contributed by atoms with Crippen LogP contribution in [0.15, 0.2) is 0 Å². The molecule has 4 heteroatoms. The molecule has 0 aliphatic carbocycles. The van der Waals surface area contributed by atoms with Gasteiger partial charge in [0.15, 0.2) is 0 Å². The zero-order valence-corrected chi connectivity index (χ0v) is 12.4. The lowest BCUT2D eigenvalue weighted by atomic mass is 9.88. The third kappa shape index (κ3) is 5.38. The molecular formula is C15H31NO3. The van der Waals surface area contributed by atoms with Crippen LogP contribution in [0.4, 0.5) is 0 Å². The fraction of sp³-hybridized carbons (Fsp3) is 1.00. The first-order chi connectivity index (χ1) is 9.07. The lowest BCUT2D eigenvalue weighted by molar-refractivity contribution is -0.111. The summed E-state index contributed by atoms with van der Waals surface area (Å²) in [6.07, 6.45) is 6.83. The molecule has 5 atom stereocenters. The quantitative estimate of drug-likeness (QED) is 0.507. The van der Waals surface area contributed by atoms with Crippen LogP contribution in [0.5, 0.6) is 0 Å². The first-order valence-corrected chi connectivity index (χ1v) is 7.88. The molecule has 1 fully saturated rings. The van der Waals surface area contributed by atoms with Crippen molar-refractivity contribution < 1.29 is 15.3 Å². The van der Waals surface area contributed by atoms with Crippen LogP contribution in [0.3, 0.4) is 0 Å². The van der Waals surface area contributed by atoms with Gasteiger partial charge in [0, 0.05) is 12.1 Å². The first kappa shape index (κ1) is 16.9. The SMILES string of the molecule is CCCCCCCCC[C@H]1N[C@@H](C)[C@@H](O)[C@@H](O)[C@@H]1O. The van der Waals surface area contributed by atoms with E-state index in [2.05, 4.69) is 12.2 Å². The largest absolute Gasteiger partial charge is 0.389 e. The van der Waals surface area contributed by atoms with Gasteiger partial charge < -0.3 is 20.6 Å². The number of aliphatic hydroxyl groups is 3. The normalized spacial score (nSPS) is 35.5. The van der Waals surface area contributed by atoms with E-state index in [9.17, 15) is 15.3 Å². The highest BCUT2D eigenvalue weighted by Gasteiger charge is 2.39. The summed E-state index contributed by atoms with van der Waals surface area (Å²) < 4.78 is 0. The van der Waals surface area contributed by atoms with Gasteiger partial charge >= 0.3 is 0 Å². The zero-order valence-electron chi connectivity index (χ0n) is 12.4. The molecule has 4 nitrogen and oxygen atoms in total. The minimum absolute atomic E-state index is 0.0935. The molecule has 4 N–H and O–H groups in total. The topological polar surface area (TPSA) is 72.7 Å². The van der Waals surface area contributed by atoms with Crippen molar-refractivity contribution in [3.8, 4) is 0 Å². The van der Waals surface area contributed by atoms with Gasteiger partial charge in [0.1, 0.15) is 6.10 Å². The lowest BCUT2D eigenvalue weighted by Gasteiger charge is -2.40. The van der Waals surface area contributed by atoms with Gasteiger partial charge in [-0.15, -0.1) is 0 Å². The monoisotopic (exact) mass is 273 g/mol. The summed E-state index contributed by atoms with van der Waals surface area (Å²) in [6.45, 7) is 4.06. The van der Waals surface area contributed by atoms with Crippen LogP contribution in [-0.4, -0.2) is 45.7 Å². The van der Waals surface area contributed by atoms with Gasteiger partial charge in [-0.2, -0.15) is 0 Å².